The van der Waals surface area contributed by atoms with Gasteiger partial charge in [-0.3, -0.25) is 19.3 Å². The van der Waals surface area contributed by atoms with Gasteiger partial charge in [-0.1, -0.05) is 16.9 Å². The van der Waals surface area contributed by atoms with Gasteiger partial charge < -0.3 is 26.1 Å². The SMILES string of the molecule is CCO/N=C(\C(=O)NC1C(=O)N2C(C(=O)O)=C(CSc3nc(=O)c(O)nn3C)CS[C@H]12)c1nsc(N)n1. The van der Waals surface area contributed by atoms with Gasteiger partial charge in [0.05, 0.1) is 0 Å². The molecule has 0 aliphatic carbocycles. The van der Waals surface area contributed by atoms with Crippen LogP contribution in [0.1, 0.15) is 12.7 Å². The summed E-state index contributed by atoms with van der Waals surface area (Å²) >= 11 is 3.15. The summed E-state index contributed by atoms with van der Waals surface area (Å²) in [6, 6.07) is -1.02. The van der Waals surface area contributed by atoms with E-state index in [1.807, 2.05) is 0 Å². The van der Waals surface area contributed by atoms with E-state index in [4.69, 9.17) is 10.6 Å². The van der Waals surface area contributed by atoms with Crippen LogP contribution in [0.5, 0.6) is 5.88 Å². The fourth-order valence-electron chi connectivity index (χ4n) is 3.36. The number of fused-ring (bicyclic) bond motifs is 1. The van der Waals surface area contributed by atoms with Crippen LogP contribution in [0.15, 0.2) is 26.4 Å². The molecule has 2 aromatic rings. The van der Waals surface area contributed by atoms with E-state index in [2.05, 4.69) is 29.9 Å². The first kappa shape index (κ1) is 26.4. The third kappa shape index (κ3) is 5.23. The lowest BCUT2D eigenvalue weighted by molar-refractivity contribution is -0.150. The predicted octanol–water partition coefficient (Wildman–Crippen LogP) is -1.41. The van der Waals surface area contributed by atoms with Crippen molar-refractivity contribution < 1.29 is 29.4 Å². The van der Waals surface area contributed by atoms with Crippen LogP contribution in [0.2, 0.25) is 0 Å². The van der Waals surface area contributed by atoms with E-state index in [0.717, 1.165) is 28.2 Å². The molecule has 16 nitrogen and oxygen atoms in total. The molecule has 0 bridgehead atoms. The third-order valence-corrected chi connectivity index (χ3v) is 7.96. The molecule has 1 unspecified atom stereocenters. The Balaban J connectivity index is 1.51. The van der Waals surface area contributed by atoms with Gasteiger partial charge in [0.25, 0.3) is 17.7 Å². The molecule has 2 atom stereocenters. The Hall–Kier alpha value is -3.71. The number of aryl methyl sites for hydroxylation is 1. The first-order valence-electron chi connectivity index (χ1n) is 10.4. The van der Waals surface area contributed by atoms with E-state index in [0.29, 0.717) is 5.57 Å². The van der Waals surface area contributed by atoms with Gasteiger partial charge in [0.15, 0.2) is 10.3 Å². The van der Waals surface area contributed by atoms with Gasteiger partial charge in [-0.25, -0.2) is 9.48 Å². The molecule has 1 fully saturated rings. The Labute approximate surface area is 220 Å². The molecule has 4 rings (SSSR count). The van der Waals surface area contributed by atoms with Gasteiger partial charge in [0.2, 0.25) is 11.5 Å². The fraction of sp³-hybridized carbons (Fsp3) is 0.389. The van der Waals surface area contributed by atoms with Crippen LogP contribution in [0.25, 0.3) is 0 Å². The number of aliphatic carboxylic acids is 1. The number of thioether (sulfide) groups is 2. The number of hydrogen-bond acceptors (Lipinski definition) is 15. The van der Waals surface area contributed by atoms with Crippen molar-refractivity contribution >= 4 is 63.7 Å². The normalized spacial score (nSPS) is 19.4. The third-order valence-electron chi connectivity index (χ3n) is 4.98. The Kier molecular flexibility index (Phi) is 7.64. The molecule has 4 heterocycles. The number of carbonyl (C=O) groups excluding carboxylic acids is 2. The van der Waals surface area contributed by atoms with Gasteiger partial charge >= 0.3 is 11.5 Å². The number of carbonyl (C=O) groups is 3. The number of rotatable bonds is 9. The lowest BCUT2D eigenvalue weighted by atomic mass is 10.0. The number of nitrogens with two attached hydrogens (primary N) is 1. The average molecular weight is 570 g/mol. The average Bonchev–Trinajstić information content (AvgIpc) is 3.29. The van der Waals surface area contributed by atoms with Gasteiger partial charge in [-0.05, 0) is 12.5 Å². The number of amides is 2. The smallest absolute Gasteiger partial charge is 0.352 e. The van der Waals surface area contributed by atoms with Gasteiger partial charge in [-0.15, -0.1) is 16.9 Å². The minimum Gasteiger partial charge on any atom is -0.488 e. The van der Waals surface area contributed by atoms with Gasteiger partial charge in [-0.2, -0.15) is 14.3 Å². The molecule has 1 saturated heterocycles. The Morgan fingerprint density at radius 3 is 2.76 bits per heavy atom. The van der Waals surface area contributed by atoms with Crippen molar-refractivity contribution in [3.05, 3.63) is 27.4 Å². The first-order chi connectivity index (χ1) is 17.6. The Morgan fingerprint density at radius 2 is 2.11 bits per heavy atom. The van der Waals surface area contributed by atoms with E-state index in [1.54, 1.807) is 6.92 Å². The molecule has 19 heteroatoms. The number of anilines is 1. The zero-order chi connectivity index (χ0) is 26.9. The number of nitrogen functional groups attached to an aromatic ring is 1. The van der Waals surface area contributed by atoms with Crippen LogP contribution < -0.4 is 16.6 Å². The summed E-state index contributed by atoms with van der Waals surface area (Å²) in [5.74, 6) is -3.20. The largest absolute Gasteiger partial charge is 0.488 e. The lowest BCUT2D eigenvalue weighted by Gasteiger charge is -2.49. The number of oxime groups is 1. The first-order valence-corrected chi connectivity index (χ1v) is 13.2. The zero-order valence-electron chi connectivity index (χ0n) is 19.1. The van der Waals surface area contributed by atoms with Crippen molar-refractivity contribution in [1.82, 2.24) is 34.3 Å². The van der Waals surface area contributed by atoms with Crippen molar-refractivity contribution in [2.24, 2.45) is 12.2 Å². The molecular weight excluding hydrogens is 550 g/mol. The monoisotopic (exact) mass is 569 g/mol. The van der Waals surface area contributed by atoms with Crippen LogP contribution in [0.3, 0.4) is 0 Å². The highest BCUT2D eigenvalue weighted by Gasteiger charge is 2.54. The molecule has 2 amide bonds. The van der Waals surface area contributed by atoms with E-state index in [9.17, 15) is 29.4 Å². The molecule has 2 aromatic heterocycles. The van der Waals surface area contributed by atoms with Crippen LogP contribution in [-0.4, -0.2) is 92.3 Å². The van der Waals surface area contributed by atoms with Crippen molar-refractivity contribution in [2.45, 2.75) is 23.5 Å². The molecule has 5 N–H and O–H groups in total. The molecule has 2 aliphatic rings. The number of nitrogens with one attached hydrogen (secondary N) is 1. The van der Waals surface area contributed by atoms with E-state index >= 15 is 0 Å². The summed E-state index contributed by atoms with van der Waals surface area (Å²) in [4.78, 5) is 63.3. The molecule has 0 aromatic carbocycles. The van der Waals surface area contributed by atoms with Gasteiger partial charge in [0.1, 0.15) is 23.7 Å². The summed E-state index contributed by atoms with van der Waals surface area (Å²) in [6.07, 6.45) is 0. The lowest BCUT2D eigenvalue weighted by Crippen LogP contribution is -2.71. The number of aromatic hydroxyl groups is 1. The van der Waals surface area contributed by atoms with Crippen LogP contribution in [-0.2, 0) is 26.3 Å². The summed E-state index contributed by atoms with van der Waals surface area (Å²) in [5.41, 5.74) is 4.62. The molecule has 0 radical (unpaired) electrons. The Bertz CT molecular complexity index is 1390. The zero-order valence-corrected chi connectivity index (χ0v) is 21.6. The topological polar surface area (TPSA) is 228 Å². The van der Waals surface area contributed by atoms with Crippen LogP contribution >= 0.6 is 35.1 Å². The van der Waals surface area contributed by atoms with Crippen molar-refractivity contribution in [3.8, 4) is 5.88 Å². The number of aromatic nitrogens is 5. The maximum atomic E-state index is 13.0. The minimum absolute atomic E-state index is 0.0643. The molecule has 2 aliphatic heterocycles. The highest BCUT2D eigenvalue weighted by molar-refractivity contribution is 8.01. The number of nitrogens with zero attached hydrogens (tertiary/aromatic N) is 7. The summed E-state index contributed by atoms with van der Waals surface area (Å²) in [5, 5.41) is 28.8. The molecule has 196 valence electrons. The second-order valence-electron chi connectivity index (χ2n) is 7.37. The van der Waals surface area contributed by atoms with Crippen molar-refractivity contribution in [1.29, 1.82) is 0 Å². The molecule has 0 spiro atoms. The van der Waals surface area contributed by atoms with Crippen LogP contribution in [0.4, 0.5) is 5.13 Å². The second-order valence-corrected chi connectivity index (χ2v) is 10.2. The van der Waals surface area contributed by atoms with E-state index < -0.39 is 40.6 Å². The predicted molar refractivity (Wildman–Crippen MR) is 132 cm³/mol. The summed E-state index contributed by atoms with van der Waals surface area (Å²) in [7, 11) is 1.47. The molecular formula is C18H19N9O7S3. The maximum Gasteiger partial charge on any atom is 0.352 e. The second kappa shape index (κ2) is 10.7. The van der Waals surface area contributed by atoms with Crippen LogP contribution in [0, 0.1) is 0 Å². The minimum atomic E-state index is -1.31. The summed E-state index contributed by atoms with van der Waals surface area (Å²) in [6.45, 7) is 1.83. The number of β-lactam (4-membered cyclic amide) rings is 1. The highest BCUT2D eigenvalue weighted by atomic mass is 32.2. The molecule has 0 saturated carbocycles. The highest BCUT2D eigenvalue weighted by Crippen LogP contribution is 2.41. The standard InChI is InChI=1S/C18H19N9O7S3/c1-3-34-24-7(10-21-17(19)37-25-10)11(28)20-8-14(31)27-9(16(32)33)6(4-35-15(8)27)5-36-18-22-12(29)13(30)23-26(18)2/h8,15H,3-5H2,1-2H3,(H,20,28)(H,23,30)(H,32,33)(H2,19,21,25)/b24-7-/t8?,15-/m1/s1. The number of hydrogen-bond donors (Lipinski definition) is 4. The van der Waals surface area contributed by atoms with Gasteiger partial charge in [0, 0.05) is 30.1 Å². The maximum absolute atomic E-state index is 13.0. The fourth-order valence-corrected chi connectivity index (χ4v) is 6.19. The Morgan fingerprint density at radius 1 is 1.35 bits per heavy atom. The van der Waals surface area contributed by atoms with Crippen molar-refractivity contribution in [3.63, 3.8) is 0 Å². The quantitative estimate of drug-likeness (QED) is 0.118. The van der Waals surface area contributed by atoms with Crippen molar-refractivity contribution in [2.75, 3.05) is 23.8 Å². The molecule has 37 heavy (non-hydrogen) atoms. The van der Waals surface area contributed by atoms with E-state index in [1.165, 1.54) is 23.5 Å². The summed E-state index contributed by atoms with van der Waals surface area (Å²) < 4.78 is 5.14. The number of carboxylic acid groups (broad SMARTS) is 1. The van der Waals surface area contributed by atoms with E-state index in [-0.39, 0.29) is 45.6 Å². The number of carboxylic acids is 1.